The smallest absolute Gasteiger partial charge is 0.162 e. The monoisotopic (exact) mass is 203 g/mol. The normalized spacial score (nSPS) is 11.2. The van der Waals surface area contributed by atoms with Gasteiger partial charge in [0.05, 0.1) is 17.0 Å². The lowest BCUT2D eigenvalue weighted by atomic mass is 10.2. The predicted molar refractivity (Wildman–Crippen MR) is 61.7 cm³/mol. The molecule has 5 nitrogen and oxygen atoms in total. The Morgan fingerprint density at radius 2 is 1.93 bits per heavy atom. The van der Waals surface area contributed by atoms with Gasteiger partial charge in [-0.25, -0.2) is 9.97 Å². The van der Waals surface area contributed by atoms with Gasteiger partial charge in [0, 0.05) is 12.4 Å². The quantitative estimate of drug-likeness (QED) is 0.727. The molecule has 5 heteroatoms. The fourth-order valence-electron chi connectivity index (χ4n) is 1.26. The summed E-state index contributed by atoms with van der Waals surface area (Å²) >= 11 is 0. The van der Waals surface area contributed by atoms with Gasteiger partial charge in [-0.05, 0) is 20.6 Å². The number of nitrogens with one attached hydrogen (secondary N) is 1. The third kappa shape index (κ3) is 2.07. The molecule has 0 aliphatic rings. The van der Waals surface area contributed by atoms with Crippen molar-refractivity contribution in [3.05, 3.63) is 23.4 Å². The molecule has 1 aromatic rings. The second kappa shape index (κ2) is 4.45. The van der Waals surface area contributed by atoms with E-state index >= 15 is 0 Å². The summed E-state index contributed by atoms with van der Waals surface area (Å²) in [5.74, 6) is 0.440. The highest BCUT2D eigenvalue weighted by Crippen LogP contribution is 2.21. The van der Waals surface area contributed by atoms with Crippen LogP contribution in [0.1, 0.15) is 17.2 Å². The van der Waals surface area contributed by atoms with E-state index in [1.54, 1.807) is 0 Å². The molecule has 0 aliphatic carbocycles. The highest BCUT2D eigenvalue weighted by Gasteiger charge is 2.08. The van der Waals surface area contributed by atoms with E-state index in [9.17, 15) is 0 Å². The van der Waals surface area contributed by atoms with E-state index in [1.165, 1.54) is 6.20 Å². The topological polar surface area (TPSA) is 88.0 Å². The van der Waals surface area contributed by atoms with E-state index in [4.69, 9.17) is 11.1 Å². The van der Waals surface area contributed by atoms with Gasteiger partial charge in [-0.15, -0.1) is 0 Å². The van der Waals surface area contributed by atoms with E-state index in [-0.39, 0.29) is 0 Å². The number of nitrogens with zero attached hydrogens (tertiary/aromatic N) is 3. The molecular weight excluding hydrogens is 190 g/mol. The Morgan fingerprint density at radius 3 is 2.27 bits per heavy atom. The molecule has 0 aromatic carbocycles. The summed E-state index contributed by atoms with van der Waals surface area (Å²) in [4.78, 5) is 12.2. The van der Waals surface area contributed by atoms with Crippen LogP contribution in [0.3, 0.4) is 0 Å². The standard InChI is InChI=1S/C10H13N5/c1-6-9(13-3)7(2)15-10(14-6)8(4-11)5-12/h4-5,11H,3,12H2,1-2H3/b8-5+,11-4?. The lowest BCUT2D eigenvalue weighted by Gasteiger charge is -2.06. The molecule has 0 amide bonds. The van der Waals surface area contributed by atoms with Gasteiger partial charge in [0.1, 0.15) is 5.69 Å². The minimum Gasteiger partial charge on any atom is -0.404 e. The summed E-state index contributed by atoms with van der Waals surface area (Å²) in [6.07, 6.45) is 2.43. The van der Waals surface area contributed by atoms with Crippen molar-refractivity contribution in [2.24, 2.45) is 10.7 Å². The Hall–Kier alpha value is -2.04. The number of nitrogens with two attached hydrogens (primary N) is 1. The first-order valence-corrected chi connectivity index (χ1v) is 4.38. The molecular formula is C10H13N5. The Balaban J connectivity index is 3.37. The Bertz CT molecular complexity index is 410. The largest absolute Gasteiger partial charge is 0.404 e. The summed E-state index contributed by atoms with van der Waals surface area (Å²) in [5.41, 5.74) is 7.98. The van der Waals surface area contributed by atoms with Crippen molar-refractivity contribution in [1.29, 1.82) is 5.41 Å². The summed E-state index contributed by atoms with van der Waals surface area (Å²) in [7, 11) is 0. The molecule has 0 saturated heterocycles. The maximum Gasteiger partial charge on any atom is 0.162 e. The van der Waals surface area contributed by atoms with Crippen LogP contribution in [0.5, 0.6) is 0 Å². The number of hydrogen-bond acceptors (Lipinski definition) is 5. The Morgan fingerprint density at radius 1 is 1.40 bits per heavy atom. The van der Waals surface area contributed by atoms with Crippen molar-refractivity contribution in [2.75, 3.05) is 0 Å². The molecule has 1 rings (SSSR count). The Labute approximate surface area is 88.3 Å². The van der Waals surface area contributed by atoms with Gasteiger partial charge in [-0.1, -0.05) is 0 Å². The number of aromatic nitrogens is 2. The minimum atomic E-state index is 0.440. The fraction of sp³-hybridized carbons (Fsp3) is 0.200. The number of rotatable bonds is 3. The molecule has 0 saturated carbocycles. The van der Waals surface area contributed by atoms with E-state index < -0.39 is 0 Å². The first-order chi connectivity index (χ1) is 7.13. The summed E-state index contributed by atoms with van der Waals surface area (Å²) in [5, 5.41) is 7.15. The van der Waals surface area contributed by atoms with Crippen LogP contribution in [-0.4, -0.2) is 22.9 Å². The van der Waals surface area contributed by atoms with Crippen LogP contribution in [0.15, 0.2) is 11.2 Å². The van der Waals surface area contributed by atoms with Crippen LogP contribution in [0.25, 0.3) is 5.57 Å². The average molecular weight is 203 g/mol. The highest BCUT2D eigenvalue weighted by molar-refractivity contribution is 6.06. The highest BCUT2D eigenvalue weighted by atomic mass is 14.9. The molecule has 3 N–H and O–H groups in total. The molecule has 0 bridgehead atoms. The van der Waals surface area contributed by atoms with Gasteiger partial charge in [0.15, 0.2) is 5.82 Å². The zero-order chi connectivity index (χ0) is 11.4. The van der Waals surface area contributed by atoms with Crippen molar-refractivity contribution in [3.63, 3.8) is 0 Å². The molecule has 0 spiro atoms. The van der Waals surface area contributed by atoms with Crippen molar-refractivity contribution in [2.45, 2.75) is 13.8 Å². The maximum atomic E-state index is 7.15. The molecule has 0 fully saturated rings. The average Bonchev–Trinajstić information content (AvgIpc) is 2.19. The third-order valence-corrected chi connectivity index (χ3v) is 1.98. The summed E-state index contributed by atoms with van der Waals surface area (Å²) in [6.45, 7) is 7.09. The minimum absolute atomic E-state index is 0.440. The zero-order valence-electron chi connectivity index (χ0n) is 8.78. The second-order valence-corrected chi connectivity index (χ2v) is 2.99. The molecule has 1 aromatic heterocycles. The third-order valence-electron chi connectivity index (χ3n) is 1.98. The van der Waals surface area contributed by atoms with Gasteiger partial charge in [-0.2, -0.15) is 0 Å². The summed E-state index contributed by atoms with van der Waals surface area (Å²) in [6, 6.07) is 0. The van der Waals surface area contributed by atoms with Gasteiger partial charge < -0.3 is 11.1 Å². The van der Waals surface area contributed by atoms with Crippen molar-refractivity contribution in [1.82, 2.24) is 9.97 Å². The molecule has 0 atom stereocenters. The molecule has 0 unspecified atom stereocenters. The van der Waals surface area contributed by atoms with E-state index in [2.05, 4.69) is 21.7 Å². The predicted octanol–water partition coefficient (Wildman–Crippen LogP) is 1.37. The molecule has 15 heavy (non-hydrogen) atoms. The number of hydrogen-bond donors (Lipinski definition) is 2. The molecule has 0 radical (unpaired) electrons. The van der Waals surface area contributed by atoms with E-state index in [0.29, 0.717) is 17.1 Å². The number of aryl methyl sites for hydroxylation is 2. The Kier molecular flexibility index (Phi) is 3.28. The van der Waals surface area contributed by atoms with Crippen molar-refractivity contribution >= 4 is 24.2 Å². The maximum absolute atomic E-state index is 7.15. The molecule has 1 heterocycles. The van der Waals surface area contributed by atoms with Crippen LogP contribution in [0.2, 0.25) is 0 Å². The van der Waals surface area contributed by atoms with Crippen LogP contribution >= 0.6 is 0 Å². The van der Waals surface area contributed by atoms with Crippen molar-refractivity contribution in [3.8, 4) is 0 Å². The first-order valence-electron chi connectivity index (χ1n) is 4.38. The molecule has 0 aliphatic heterocycles. The van der Waals surface area contributed by atoms with E-state index in [1.807, 2.05) is 13.8 Å². The lowest BCUT2D eigenvalue weighted by Crippen LogP contribution is -2.01. The SMILES string of the molecule is C=Nc1c(C)nc(/C(C=N)=C/N)nc1C. The van der Waals surface area contributed by atoms with Gasteiger partial charge in [0.25, 0.3) is 0 Å². The molecule has 78 valence electrons. The van der Waals surface area contributed by atoms with Crippen molar-refractivity contribution < 1.29 is 0 Å². The van der Waals surface area contributed by atoms with Crippen LogP contribution in [0.4, 0.5) is 5.69 Å². The van der Waals surface area contributed by atoms with Gasteiger partial charge >= 0.3 is 0 Å². The zero-order valence-corrected chi connectivity index (χ0v) is 8.78. The van der Waals surface area contributed by atoms with Gasteiger partial charge in [0.2, 0.25) is 0 Å². The fourth-order valence-corrected chi connectivity index (χ4v) is 1.26. The number of aliphatic imine (C=N–C) groups is 1. The lowest BCUT2D eigenvalue weighted by molar-refractivity contribution is 1.02. The van der Waals surface area contributed by atoms with Crippen LogP contribution in [-0.2, 0) is 0 Å². The second-order valence-electron chi connectivity index (χ2n) is 2.99. The number of allylic oxidation sites excluding steroid dienone is 1. The first kappa shape index (κ1) is 11.0. The summed E-state index contributed by atoms with van der Waals surface area (Å²) < 4.78 is 0. The van der Waals surface area contributed by atoms with Crippen LogP contribution < -0.4 is 5.73 Å². The van der Waals surface area contributed by atoms with E-state index in [0.717, 1.165) is 17.6 Å². The van der Waals surface area contributed by atoms with Gasteiger partial charge in [-0.3, -0.25) is 4.99 Å². The van der Waals surface area contributed by atoms with Crippen LogP contribution in [0, 0.1) is 19.3 Å².